The summed E-state index contributed by atoms with van der Waals surface area (Å²) in [6.45, 7) is 0. The highest BCUT2D eigenvalue weighted by atomic mass is 19.1. The lowest BCUT2D eigenvalue weighted by Crippen LogP contribution is -2.33. The molecule has 0 aromatic heterocycles. The smallest absolute Gasteiger partial charge is 0.282 e. The lowest BCUT2D eigenvalue weighted by molar-refractivity contribution is -0.384. The van der Waals surface area contributed by atoms with Crippen molar-refractivity contribution in [3.05, 3.63) is 99.7 Å². The van der Waals surface area contributed by atoms with E-state index in [2.05, 4.69) is 5.32 Å². The second-order valence-electron chi connectivity index (χ2n) is 7.66. The van der Waals surface area contributed by atoms with E-state index in [1.165, 1.54) is 24.3 Å². The van der Waals surface area contributed by atoms with E-state index in [9.17, 15) is 28.5 Å². The van der Waals surface area contributed by atoms with Crippen molar-refractivity contribution in [1.29, 1.82) is 0 Å². The molecule has 0 fully saturated rings. The predicted octanol–water partition coefficient (Wildman–Crippen LogP) is 4.34. The van der Waals surface area contributed by atoms with Crippen LogP contribution in [-0.2, 0) is 9.59 Å². The van der Waals surface area contributed by atoms with Gasteiger partial charge in [0.2, 0.25) is 0 Å². The third kappa shape index (κ3) is 4.08. The fourth-order valence-electron chi connectivity index (χ4n) is 3.53. The zero-order valence-corrected chi connectivity index (χ0v) is 18.1. The van der Waals surface area contributed by atoms with E-state index in [0.717, 1.165) is 17.8 Å². The number of nitrogens with zero attached hydrogens (tertiary/aromatic N) is 3. The van der Waals surface area contributed by atoms with Gasteiger partial charge in [0.15, 0.2) is 0 Å². The van der Waals surface area contributed by atoms with E-state index < -0.39 is 34.1 Å². The number of nitro groups is 1. The highest BCUT2D eigenvalue weighted by Gasteiger charge is 2.41. The molecule has 10 heteroatoms. The van der Waals surface area contributed by atoms with E-state index in [1.54, 1.807) is 24.3 Å². The van der Waals surface area contributed by atoms with Crippen molar-refractivity contribution in [1.82, 2.24) is 0 Å². The Morgan fingerprint density at radius 2 is 1.56 bits per heavy atom. The Hall–Kier alpha value is -4.60. The Balaban J connectivity index is 1.80. The summed E-state index contributed by atoms with van der Waals surface area (Å²) in [7, 11) is 3.73. The topological polar surface area (TPSA) is 95.8 Å². The van der Waals surface area contributed by atoms with Gasteiger partial charge in [0.05, 0.1) is 16.2 Å². The third-order valence-electron chi connectivity index (χ3n) is 5.25. The van der Waals surface area contributed by atoms with Crippen LogP contribution in [0.5, 0.6) is 0 Å². The Kier molecular flexibility index (Phi) is 5.80. The minimum atomic E-state index is -1.08. The Labute approximate surface area is 192 Å². The molecule has 0 spiro atoms. The molecular weight excluding hydrogens is 446 g/mol. The number of non-ortho nitro benzene ring substituents is 1. The normalized spacial score (nSPS) is 13.5. The molecule has 8 nitrogen and oxygen atoms in total. The molecule has 0 unspecified atom stereocenters. The summed E-state index contributed by atoms with van der Waals surface area (Å²) in [5.74, 6) is -3.64. The van der Waals surface area contributed by atoms with Gasteiger partial charge in [-0.15, -0.1) is 0 Å². The number of anilines is 3. The molecule has 0 aliphatic carbocycles. The van der Waals surface area contributed by atoms with Crippen LogP contribution in [0.25, 0.3) is 5.57 Å². The maximum Gasteiger partial charge on any atom is 0.282 e. The first-order chi connectivity index (χ1) is 16.2. The molecule has 1 aliphatic rings. The van der Waals surface area contributed by atoms with Crippen LogP contribution < -0.4 is 15.1 Å². The molecule has 4 rings (SSSR count). The van der Waals surface area contributed by atoms with Crippen molar-refractivity contribution in [2.45, 2.75) is 0 Å². The van der Waals surface area contributed by atoms with Crippen LogP contribution in [0.3, 0.4) is 0 Å². The molecule has 0 saturated carbocycles. The van der Waals surface area contributed by atoms with Crippen molar-refractivity contribution < 1.29 is 23.3 Å². The van der Waals surface area contributed by atoms with Gasteiger partial charge < -0.3 is 10.2 Å². The second-order valence-corrected chi connectivity index (χ2v) is 7.66. The number of carbonyl (C=O) groups is 2. The van der Waals surface area contributed by atoms with Crippen molar-refractivity contribution in [2.75, 3.05) is 29.2 Å². The fourth-order valence-corrected chi connectivity index (χ4v) is 3.53. The molecule has 0 radical (unpaired) electrons. The van der Waals surface area contributed by atoms with Crippen molar-refractivity contribution in [3.63, 3.8) is 0 Å². The highest BCUT2D eigenvalue weighted by molar-refractivity contribution is 6.46. The second kappa shape index (κ2) is 8.74. The monoisotopic (exact) mass is 464 g/mol. The molecule has 172 valence electrons. The molecule has 0 bridgehead atoms. The zero-order chi connectivity index (χ0) is 24.6. The molecule has 0 saturated heterocycles. The first kappa shape index (κ1) is 22.6. The standard InChI is InChI=1S/C24H18F2N4O4/c1-28(2)17-10-6-16(7-11-17)27-22-21(14-3-8-18(9-4-14)30(33)34)23(31)29(24(22)32)20-12-5-15(25)13-19(20)26/h3-13,27H,1-2H3. The number of imide groups is 1. The van der Waals surface area contributed by atoms with Gasteiger partial charge in [-0.05, 0) is 54.1 Å². The minimum absolute atomic E-state index is 0.0969. The first-order valence-electron chi connectivity index (χ1n) is 10.0. The van der Waals surface area contributed by atoms with Crippen molar-refractivity contribution in [3.8, 4) is 0 Å². The van der Waals surface area contributed by atoms with Crippen LogP contribution in [0.2, 0.25) is 0 Å². The summed E-state index contributed by atoms with van der Waals surface area (Å²) in [5, 5.41) is 13.9. The first-order valence-corrected chi connectivity index (χ1v) is 10.0. The fraction of sp³-hybridized carbons (Fsp3) is 0.0833. The van der Waals surface area contributed by atoms with Crippen LogP contribution >= 0.6 is 0 Å². The summed E-state index contributed by atoms with van der Waals surface area (Å²) < 4.78 is 27.9. The van der Waals surface area contributed by atoms with E-state index in [4.69, 9.17) is 0 Å². The third-order valence-corrected chi connectivity index (χ3v) is 5.25. The molecule has 3 aromatic rings. The number of amides is 2. The van der Waals surface area contributed by atoms with Crippen LogP contribution in [0.15, 0.2) is 72.4 Å². The summed E-state index contributed by atoms with van der Waals surface area (Å²) in [4.78, 5) is 39.5. The molecule has 2 amide bonds. The summed E-state index contributed by atoms with van der Waals surface area (Å²) >= 11 is 0. The average molecular weight is 464 g/mol. The Morgan fingerprint density at radius 3 is 2.12 bits per heavy atom. The maximum absolute atomic E-state index is 14.5. The van der Waals surface area contributed by atoms with Crippen LogP contribution in [0.4, 0.5) is 31.5 Å². The molecular formula is C24H18F2N4O4. The predicted molar refractivity (Wildman–Crippen MR) is 123 cm³/mol. The Bertz CT molecular complexity index is 1340. The number of hydrogen-bond acceptors (Lipinski definition) is 6. The molecule has 0 atom stereocenters. The summed E-state index contributed by atoms with van der Waals surface area (Å²) in [6.07, 6.45) is 0. The van der Waals surface area contributed by atoms with Crippen LogP contribution in [0, 0.1) is 21.7 Å². The summed E-state index contributed by atoms with van der Waals surface area (Å²) in [6, 6.07) is 14.6. The van der Waals surface area contributed by atoms with Crippen LogP contribution in [0.1, 0.15) is 5.56 Å². The molecule has 1 aliphatic heterocycles. The van der Waals surface area contributed by atoms with E-state index in [1.807, 2.05) is 19.0 Å². The van der Waals surface area contributed by atoms with Gasteiger partial charge in [-0.1, -0.05) is 0 Å². The number of nitrogens with one attached hydrogen (secondary N) is 1. The van der Waals surface area contributed by atoms with E-state index in [0.29, 0.717) is 16.7 Å². The largest absolute Gasteiger partial charge is 0.378 e. The number of nitro benzene ring substituents is 1. The molecule has 1 N–H and O–H groups in total. The SMILES string of the molecule is CN(C)c1ccc(NC2=C(c3ccc([N+](=O)[O-])cc3)C(=O)N(c3ccc(F)cc3F)C2=O)cc1. The molecule has 1 heterocycles. The molecule has 34 heavy (non-hydrogen) atoms. The zero-order valence-electron chi connectivity index (χ0n) is 18.1. The quantitative estimate of drug-likeness (QED) is 0.331. The number of hydrogen-bond donors (Lipinski definition) is 1. The minimum Gasteiger partial charge on any atom is -0.378 e. The van der Waals surface area contributed by atoms with Gasteiger partial charge in [0, 0.05) is 43.7 Å². The summed E-state index contributed by atoms with van der Waals surface area (Å²) in [5.41, 5.74) is 0.773. The van der Waals surface area contributed by atoms with Gasteiger partial charge in [-0.3, -0.25) is 19.7 Å². The molecule has 3 aromatic carbocycles. The van der Waals surface area contributed by atoms with Crippen molar-refractivity contribution in [2.24, 2.45) is 0 Å². The van der Waals surface area contributed by atoms with Gasteiger partial charge in [0.1, 0.15) is 17.3 Å². The van der Waals surface area contributed by atoms with Crippen molar-refractivity contribution >= 4 is 40.1 Å². The average Bonchev–Trinajstić information content (AvgIpc) is 3.04. The van der Waals surface area contributed by atoms with Gasteiger partial charge in [-0.25, -0.2) is 13.7 Å². The highest BCUT2D eigenvalue weighted by Crippen LogP contribution is 2.35. The maximum atomic E-state index is 14.5. The lowest BCUT2D eigenvalue weighted by atomic mass is 10.0. The number of halogens is 2. The van der Waals surface area contributed by atoms with Gasteiger partial charge in [0.25, 0.3) is 17.5 Å². The Morgan fingerprint density at radius 1 is 0.912 bits per heavy atom. The van der Waals surface area contributed by atoms with Gasteiger partial charge >= 0.3 is 0 Å². The van der Waals surface area contributed by atoms with Gasteiger partial charge in [-0.2, -0.15) is 0 Å². The lowest BCUT2D eigenvalue weighted by Gasteiger charge is -2.16. The van der Waals surface area contributed by atoms with E-state index in [-0.39, 0.29) is 22.5 Å². The van der Waals surface area contributed by atoms with Crippen LogP contribution in [-0.4, -0.2) is 30.8 Å². The number of benzene rings is 3. The number of rotatable bonds is 6. The van der Waals surface area contributed by atoms with E-state index >= 15 is 0 Å². The number of carbonyl (C=O) groups excluding carboxylic acids is 2.